The van der Waals surface area contributed by atoms with Gasteiger partial charge in [-0.15, -0.1) is 0 Å². The second-order valence-electron chi connectivity index (χ2n) is 5.29. The summed E-state index contributed by atoms with van der Waals surface area (Å²) in [6.07, 6.45) is 2.91. The highest BCUT2D eigenvalue weighted by Crippen LogP contribution is 2.25. The fraction of sp³-hybridized carbons (Fsp3) is 0.750. The number of nitrogens with two attached hydrogens (primary N) is 1. The van der Waals surface area contributed by atoms with Crippen molar-refractivity contribution in [1.29, 1.82) is 0 Å². The molecule has 0 spiro atoms. The van der Waals surface area contributed by atoms with Crippen molar-refractivity contribution in [2.24, 2.45) is 18.7 Å². The molecule has 0 atom stereocenters. The Morgan fingerprint density at radius 3 is 2.69 bits per heavy atom. The molecule has 2 N–H and O–H groups in total. The Hall–Kier alpha value is -0.870. The normalized spacial score (nSPS) is 20.1. The fourth-order valence-electron chi connectivity index (χ4n) is 2.23. The summed E-state index contributed by atoms with van der Waals surface area (Å²) >= 11 is 0. The van der Waals surface area contributed by atoms with Crippen molar-refractivity contribution >= 4 is 0 Å². The molecule has 1 aliphatic rings. The summed E-state index contributed by atoms with van der Waals surface area (Å²) in [7, 11) is 1.99. The molecule has 1 saturated heterocycles. The molecule has 2 rings (SSSR count). The van der Waals surface area contributed by atoms with Gasteiger partial charge in [0.1, 0.15) is 0 Å². The summed E-state index contributed by atoms with van der Waals surface area (Å²) in [6, 6.07) is 2.08. The molecule has 1 aliphatic heterocycles. The van der Waals surface area contributed by atoms with Gasteiger partial charge >= 0.3 is 0 Å². The molecular formula is C12H22N4. The smallest absolute Gasteiger partial charge is 0.0492 e. The second-order valence-corrected chi connectivity index (χ2v) is 5.29. The summed E-state index contributed by atoms with van der Waals surface area (Å²) in [5.41, 5.74) is 7.59. The standard InChI is InChI=1S/C12H22N4/c1-10(2)12(13)8-16(9-12)7-5-11-4-6-14-15(11)3/h4,6,10H,5,7-9,13H2,1-3H3. The summed E-state index contributed by atoms with van der Waals surface area (Å²) in [5.74, 6) is 0.570. The van der Waals surface area contributed by atoms with Gasteiger partial charge in [-0.2, -0.15) is 5.10 Å². The third-order valence-corrected chi connectivity index (χ3v) is 3.79. The van der Waals surface area contributed by atoms with E-state index in [1.54, 1.807) is 0 Å². The molecule has 1 fully saturated rings. The quantitative estimate of drug-likeness (QED) is 0.813. The second kappa shape index (κ2) is 4.18. The molecule has 16 heavy (non-hydrogen) atoms. The molecule has 0 radical (unpaired) electrons. The predicted molar refractivity (Wildman–Crippen MR) is 65.1 cm³/mol. The average molecular weight is 222 g/mol. The lowest BCUT2D eigenvalue weighted by Gasteiger charge is -2.50. The summed E-state index contributed by atoms with van der Waals surface area (Å²) in [6.45, 7) is 7.56. The third kappa shape index (κ3) is 2.13. The molecule has 0 aliphatic carbocycles. The van der Waals surface area contributed by atoms with Gasteiger partial charge in [0.2, 0.25) is 0 Å². The van der Waals surface area contributed by atoms with Gasteiger partial charge in [-0.1, -0.05) is 13.8 Å². The van der Waals surface area contributed by atoms with Gasteiger partial charge in [-0.05, 0) is 12.0 Å². The van der Waals surface area contributed by atoms with Gasteiger partial charge in [0, 0.05) is 50.5 Å². The van der Waals surface area contributed by atoms with Crippen LogP contribution in [-0.2, 0) is 13.5 Å². The van der Waals surface area contributed by atoms with Crippen molar-refractivity contribution < 1.29 is 0 Å². The molecule has 4 nitrogen and oxygen atoms in total. The molecule has 2 heterocycles. The molecule has 1 aromatic rings. The lowest BCUT2D eigenvalue weighted by atomic mass is 9.80. The third-order valence-electron chi connectivity index (χ3n) is 3.79. The average Bonchev–Trinajstić information content (AvgIpc) is 2.56. The zero-order chi connectivity index (χ0) is 11.8. The maximum Gasteiger partial charge on any atom is 0.0492 e. The van der Waals surface area contributed by atoms with Gasteiger partial charge < -0.3 is 5.73 Å². The van der Waals surface area contributed by atoms with Gasteiger partial charge in [-0.25, -0.2) is 0 Å². The number of hydrogen-bond acceptors (Lipinski definition) is 3. The molecule has 90 valence electrons. The van der Waals surface area contributed by atoms with E-state index in [0.717, 1.165) is 26.1 Å². The monoisotopic (exact) mass is 222 g/mol. The van der Waals surface area contributed by atoms with E-state index < -0.39 is 0 Å². The first-order valence-corrected chi connectivity index (χ1v) is 5.99. The first-order chi connectivity index (χ1) is 7.51. The van der Waals surface area contributed by atoms with E-state index in [1.165, 1.54) is 5.69 Å². The van der Waals surface area contributed by atoms with Crippen molar-refractivity contribution in [2.75, 3.05) is 19.6 Å². The minimum Gasteiger partial charge on any atom is -0.323 e. The van der Waals surface area contributed by atoms with Crippen LogP contribution < -0.4 is 5.73 Å². The number of aromatic nitrogens is 2. The largest absolute Gasteiger partial charge is 0.323 e. The highest BCUT2D eigenvalue weighted by atomic mass is 15.3. The highest BCUT2D eigenvalue weighted by Gasteiger charge is 2.41. The first kappa shape index (κ1) is 11.6. The topological polar surface area (TPSA) is 47.1 Å². The van der Waals surface area contributed by atoms with E-state index in [-0.39, 0.29) is 5.54 Å². The molecule has 0 amide bonds. The number of nitrogens with zero attached hydrogens (tertiary/aromatic N) is 3. The number of hydrogen-bond donors (Lipinski definition) is 1. The lowest BCUT2D eigenvalue weighted by molar-refractivity contribution is 0.0386. The highest BCUT2D eigenvalue weighted by molar-refractivity contribution is 5.05. The van der Waals surface area contributed by atoms with Crippen LogP contribution in [0.25, 0.3) is 0 Å². The van der Waals surface area contributed by atoms with Crippen molar-refractivity contribution in [3.63, 3.8) is 0 Å². The Kier molecular flexibility index (Phi) is 3.04. The minimum atomic E-state index is 0.0481. The van der Waals surface area contributed by atoms with E-state index in [4.69, 9.17) is 5.73 Å². The Morgan fingerprint density at radius 1 is 1.50 bits per heavy atom. The Balaban J connectivity index is 1.77. The molecule has 1 aromatic heterocycles. The molecular weight excluding hydrogens is 200 g/mol. The van der Waals surface area contributed by atoms with Crippen molar-refractivity contribution in [1.82, 2.24) is 14.7 Å². The zero-order valence-corrected chi connectivity index (χ0v) is 10.5. The van der Waals surface area contributed by atoms with Crippen molar-refractivity contribution in [3.8, 4) is 0 Å². The van der Waals surface area contributed by atoms with Gasteiger partial charge in [0.25, 0.3) is 0 Å². The van der Waals surface area contributed by atoms with Crippen LogP contribution in [0.5, 0.6) is 0 Å². The Bertz CT molecular complexity index is 350. The van der Waals surface area contributed by atoms with Crippen LogP contribution in [0.15, 0.2) is 12.3 Å². The van der Waals surface area contributed by atoms with E-state index in [1.807, 2.05) is 17.9 Å². The molecule has 0 unspecified atom stereocenters. The van der Waals surface area contributed by atoms with E-state index in [9.17, 15) is 0 Å². The lowest BCUT2D eigenvalue weighted by Crippen LogP contribution is -2.70. The maximum absolute atomic E-state index is 6.26. The zero-order valence-electron chi connectivity index (χ0n) is 10.5. The van der Waals surface area contributed by atoms with Crippen molar-refractivity contribution in [3.05, 3.63) is 18.0 Å². The molecule has 0 aromatic carbocycles. The van der Waals surface area contributed by atoms with Gasteiger partial charge in [-0.3, -0.25) is 9.58 Å². The minimum absolute atomic E-state index is 0.0481. The summed E-state index contributed by atoms with van der Waals surface area (Å²) < 4.78 is 1.94. The first-order valence-electron chi connectivity index (χ1n) is 5.99. The Labute approximate surface area is 97.4 Å². The molecule has 0 saturated carbocycles. The van der Waals surface area contributed by atoms with Crippen LogP contribution in [0, 0.1) is 5.92 Å². The van der Waals surface area contributed by atoms with Crippen molar-refractivity contribution in [2.45, 2.75) is 25.8 Å². The van der Waals surface area contributed by atoms with Crippen LogP contribution in [0.1, 0.15) is 19.5 Å². The predicted octanol–water partition coefficient (Wildman–Crippen LogP) is 0.632. The maximum atomic E-state index is 6.26. The number of aryl methyl sites for hydroxylation is 1. The van der Waals surface area contributed by atoms with Crippen LogP contribution in [-0.4, -0.2) is 39.9 Å². The van der Waals surface area contributed by atoms with Crippen LogP contribution >= 0.6 is 0 Å². The van der Waals surface area contributed by atoms with Gasteiger partial charge in [0.05, 0.1) is 0 Å². The van der Waals surface area contributed by atoms with Crippen LogP contribution in [0.2, 0.25) is 0 Å². The van der Waals surface area contributed by atoms with Crippen LogP contribution in [0.3, 0.4) is 0 Å². The Morgan fingerprint density at radius 2 is 2.19 bits per heavy atom. The number of rotatable bonds is 4. The molecule has 4 heteroatoms. The number of likely N-dealkylation sites (tertiary alicyclic amines) is 1. The summed E-state index contributed by atoms with van der Waals surface area (Å²) in [5, 5.41) is 4.17. The van der Waals surface area contributed by atoms with E-state index in [0.29, 0.717) is 5.92 Å². The van der Waals surface area contributed by atoms with E-state index >= 15 is 0 Å². The summed E-state index contributed by atoms with van der Waals surface area (Å²) in [4.78, 5) is 2.42. The SMILES string of the molecule is CC(C)C1(N)CN(CCc2ccnn2C)C1. The van der Waals surface area contributed by atoms with E-state index in [2.05, 4.69) is 29.9 Å². The van der Waals surface area contributed by atoms with Gasteiger partial charge in [0.15, 0.2) is 0 Å². The van der Waals surface area contributed by atoms with Crippen LogP contribution in [0.4, 0.5) is 0 Å². The molecule has 0 bridgehead atoms. The fourth-order valence-corrected chi connectivity index (χ4v) is 2.23.